The normalized spacial score (nSPS) is 13.2. The van der Waals surface area contributed by atoms with E-state index in [0.29, 0.717) is 6.04 Å². The second-order valence-electron chi connectivity index (χ2n) is 6.29. The molecule has 2 atom stereocenters. The Morgan fingerprint density at radius 1 is 0.840 bits per heavy atom. The molecule has 0 saturated carbocycles. The van der Waals surface area contributed by atoms with Gasteiger partial charge >= 0.3 is 0 Å². The van der Waals surface area contributed by atoms with Crippen LogP contribution in [0.4, 0.5) is 0 Å². The Bertz CT molecular complexity index is 655. The van der Waals surface area contributed by atoms with Crippen LogP contribution in [0.15, 0.2) is 42.5 Å². The number of hydrogen-bond acceptors (Lipinski definition) is 4. The van der Waals surface area contributed by atoms with Crippen molar-refractivity contribution in [2.75, 3.05) is 21.3 Å². The average Bonchev–Trinajstić information content (AvgIpc) is 2.66. The van der Waals surface area contributed by atoms with E-state index < -0.39 is 0 Å². The lowest BCUT2D eigenvalue weighted by atomic mass is 10.0. The van der Waals surface area contributed by atoms with Crippen molar-refractivity contribution in [1.82, 2.24) is 5.32 Å². The Balaban J connectivity index is 1.89. The molecule has 25 heavy (non-hydrogen) atoms. The lowest BCUT2D eigenvalue weighted by molar-refractivity contribution is 0.353. The first kappa shape index (κ1) is 19.1. The molecule has 0 fully saturated rings. The second-order valence-corrected chi connectivity index (χ2v) is 6.29. The van der Waals surface area contributed by atoms with Crippen LogP contribution in [0.2, 0.25) is 0 Å². The van der Waals surface area contributed by atoms with E-state index in [9.17, 15) is 0 Å². The summed E-state index contributed by atoms with van der Waals surface area (Å²) >= 11 is 0. The minimum absolute atomic E-state index is 0.241. The molecule has 0 spiro atoms. The summed E-state index contributed by atoms with van der Waals surface area (Å²) in [5.74, 6) is 2.42. The van der Waals surface area contributed by atoms with Crippen LogP contribution in [0.3, 0.4) is 0 Å². The first-order chi connectivity index (χ1) is 12.1. The Labute approximate surface area is 151 Å². The molecule has 0 aliphatic heterocycles. The molecule has 0 radical (unpaired) electrons. The van der Waals surface area contributed by atoms with E-state index in [2.05, 4.69) is 37.4 Å². The minimum atomic E-state index is 0.241. The van der Waals surface area contributed by atoms with Crippen LogP contribution in [0.5, 0.6) is 17.2 Å². The van der Waals surface area contributed by atoms with Gasteiger partial charge < -0.3 is 19.5 Å². The summed E-state index contributed by atoms with van der Waals surface area (Å²) in [4.78, 5) is 0. The predicted octanol–water partition coefficient (Wildman–Crippen LogP) is 4.38. The summed E-state index contributed by atoms with van der Waals surface area (Å²) < 4.78 is 15.9. The predicted molar refractivity (Wildman–Crippen MR) is 102 cm³/mol. The highest BCUT2D eigenvalue weighted by Gasteiger charge is 2.12. The van der Waals surface area contributed by atoms with E-state index in [1.807, 2.05) is 24.3 Å². The maximum atomic E-state index is 5.39. The molecule has 0 saturated heterocycles. The highest BCUT2D eigenvalue weighted by molar-refractivity contribution is 5.43. The van der Waals surface area contributed by atoms with Gasteiger partial charge in [0.15, 0.2) is 11.5 Å². The van der Waals surface area contributed by atoms with E-state index in [1.54, 1.807) is 21.3 Å². The summed E-state index contributed by atoms with van der Waals surface area (Å²) in [6.45, 7) is 4.39. The number of methoxy groups -OCH3 is 3. The largest absolute Gasteiger partial charge is 0.497 e. The summed E-state index contributed by atoms with van der Waals surface area (Å²) in [7, 11) is 5.01. The van der Waals surface area contributed by atoms with Crippen LogP contribution in [0.1, 0.15) is 37.4 Å². The third kappa shape index (κ3) is 5.40. The van der Waals surface area contributed by atoms with Crippen molar-refractivity contribution in [2.45, 2.75) is 38.8 Å². The molecule has 4 heteroatoms. The van der Waals surface area contributed by atoms with Crippen LogP contribution in [0, 0.1) is 0 Å². The van der Waals surface area contributed by atoms with Gasteiger partial charge in [0.25, 0.3) is 0 Å². The van der Waals surface area contributed by atoms with Gasteiger partial charge in [0.2, 0.25) is 0 Å². The molecular formula is C21H29NO3. The average molecular weight is 343 g/mol. The number of aryl methyl sites for hydroxylation is 1. The van der Waals surface area contributed by atoms with Crippen LogP contribution in [0.25, 0.3) is 0 Å². The van der Waals surface area contributed by atoms with Crippen molar-refractivity contribution in [3.63, 3.8) is 0 Å². The van der Waals surface area contributed by atoms with E-state index >= 15 is 0 Å². The lowest BCUT2D eigenvalue weighted by Crippen LogP contribution is -2.29. The van der Waals surface area contributed by atoms with Gasteiger partial charge in [0.05, 0.1) is 21.3 Å². The molecule has 0 bridgehead atoms. The summed E-state index contributed by atoms with van der Waals surface area (Å²) in [5, 5.41) is 3.66. The molecule has 0 aromatic heterocycles. The highest BCUT2D eigenvalue weighted by atomic mass is 16.5. The fourth-order valence-corrected chi connectivity index (χ4v) is 2.90. The fourth-order valence-electron chi connectivity index (χ4n) is 2.90. The van der Waals surface area contributed by atoms with Gasteiger partial charge in [-0.25, -0.2) is 0 Å². The summed E-state index contributed by atoms with van der Waals surface area (Å²) in [6.07, 6.45) is 2.11. The highest BCUT2D eigenvalue weighted by Crippen LogP contribution is 2.30. The molecule has 0 aliphatic carbocycles. The number of ether oxygens (including phenoxy) is 3. The van der Waals surface area contributed by atoms with Crippen LogP contribution >= 0.6 is 0 Å². The molecular weight excluding hydrogens is 314 g/mol. The molecule has 0 aliphatic rings. The first-order valence-corrected chi connectivity index (χ1v) is 8.68. The van der Waals surface area contributed by atoms with Gasteiger partial charge in [-0.1, -0.05) is 18.2 Å². The van der Waals surface area contributed by atoms with Crippen molar-refractivity contribution in [3.8, 4) is 17.2 Å². The van der Waals surface area contributed by atoms with Crippen molar-refractivity contribution in [2.24, 2.45) is 0 Å². The van der Waals surface area contributed by atoms with E-state index in [1.165, 1.54) is 11.1 Å². The Hall–Kier alpha value is -2.20. The Kier molecular flexibility index (Phi) is 7.14. The quantitative estimate of drug-likeness (QED) is 0.733. The third-order valence-electron chi connectivity index (χ3n) is 4.47. The summed E-state index contributed by atoms with van der Waals surface area (Å²) in [5.41, 5.74) is 2.52. The minimum Gasteiger partial charge on any atom is -0.497 e. The van der Waals surface area contributed by atoms with Gasteiger partial charge in [-0.15, -0.1) is 0 Å². The van der Waals surface area contributed by atoms with E-state index in [4.69, 9.17) is 14.2 Å². The zero-order valence-corrected chi connectivity index (χ0v) is 15.8. The Morgan fingerprint density at radius 3 is 2.12 bits per heavy atom. The molecule has 2 aromatic rings. The van der Waals surface area contributed by atoms with Crippen molar-refractivity contribution in [1.29, 1.82) is 0 Å². The number of rotatable bonds is 9. The first-order valence-electron chi connectivity index (χ1n) is 8.68. The zero-order chi connectivity index (χ0) is 18.2. The number of nitrogens with one attached hydrogen (secondary N) is 1. The topological polar surface area (TPSA) is 39.7 Å². The van der Waals surface area contributed by atoms with Gasteiger partial charge in [0, 0.05) is 12.1 Å². The number of hydrogen-bond donors (Lipinski definition) is 1. The molecule has 4 nitrogen and oxygen atoms in total. The van der Waals surface area contributed by atoms with E-state index in [-0.39, 0.29) is 6.04 Å². The van der Waals surface area contributed by atoms with Crippen molar-refractivity contribution < 1.29 is 14.2 Å². The maximum absolute atomic E-state index is 5.39. The van der Waals surface area contributed by atoms with Gasteiger partial charge in [-0.3, -0.25) is 0 Å². The number of benzene rings is 2. The van der Waals surface area contributed by atoms with Crippen LogP contribution in [-0.2, 0) is 6.42 Å². The molecule has 2 unspecified atom stereocenters. The molecule has 136 valence electrons. The molecule has 2 aromatic carbocycles. The lowest BCUT2D eigenvalue weighted by Gasteiger charge is -2.21. The second kappa shape index (κ2) is 9.33. The molecule has 1 N–H and O–H groups in total. The monoisotopic (exact) mass is 343 g/mol. The van der Waals surface area contributed by atoms with Gasteiger partial charge in [0.1, 0.15) is 5.75 Å². The van der Waals surface area contributed by atoms with Crippen LogP contribution in [-0.4, -0.2) is 27.4 Å². The smallest absolute Gasteiger partial charge is 0.161 e. The van der Waals surface area contributed by atoms with Gasteiger partial charge in [-0.05, 0) is 62.1 Å². The van der Waals surface area contributed by atoms with Crippen LogP contribution < -0.4 is 19.5 Å². The van der Waals surface area contributed by atoms with Crippen molar-refractivity contribution in [3.05, 3.63) is 53.6 Å². The Morgan fingerprint density at radius 2 is 1.52 bits per heavy atom. The van der Waals surface area contributed by atoms with E-state index in [0.717, 1.165) is 30.1 Å². The molecule has 0 heterocycles. The third-order valence-corrected chi connectivity index (χ3v) is 4.47. The van der Waals surface area contributed by atoms with Crippen molar-refractivity contribution >= 4 is 0 Å². The maximum Gasteiger partial charge on any atom is 0.161 e. The molecule has 0 amide bonds. The standard InChI is InChI=1S/C21H29NO3/c1-15(6-7-17-8-11-19(23-3)12-9-17)22-16(2)18-10-13-20(24-4)21(14-18)25-5/h8-16,22H,6-7H2,1-5H3. The SMILES string of the molecule is COc1ccc(CCC(C)NC(C)c2ccc(OC)c(OC)c2)cc1. The summed E-state index contributed by atoms with van der Waals surface area (Å²) in [6, 6.07) is 15.0. The fraction of sp³-hybridized carbons (Fsp3) is 0.429. The van der Waals surface area contributed by atoms with Gasteiger partial charge in [-0.2, -0.15) is 0 Å². The zero-order valence-electron chi connectivity index (χ0n) is 15.8. The molecule has 2 rings (SSSR count).